The Morgan fingerprint density at radius 3 is 1.93 bits per heavy atom. The highest BCUT2D eigenvalue weighted by Crippen LogP contribution is 2.75. The van der Waals surface area contributed by atoms with Crippen molar-refractivity contribution >= 4 is 0 Å². The number of fused-ring (bicyclic) bond motifs is 5. The molecule has 4 aliphatic carbocycles. The second kappa shape index (κ2) is 19.8. The Morgan fingerprint density at radius 2 is 1.30 bits per heavy atom. The van der Waals surface area contributed by atoms with Gasteiger partial charge in [-0.2, -0.15) is 0 Å². The quantitative estimate of drug-likeness (QED) is 0.105. The molecule has 18 nitrogen and oxygen atoms in total. The lowest BCUT2D eigenvalue weighted by atomic mass is 9.38. The van der Waals surface area contributed by atoms with Crippen LogP contribution in [0.4, 0.5) is 0 Å². The zero-order valence-electron chi connectivity index (χ0n) is 40.9. The number of ether oxygens (including phenoxy) is 6. The Balaban J connectivity index is 1.10. The first-order valence-electron chi connectivity index (χ1n) is 24.9. The monoisotopic (exact) mass is 961 g/mol. The average molecular weight is 961 g/mol. The highest BCUT2D eigenvalue weighted by Gasteiger charge is 2.70. The van der Waals surface area contributed by atoms with E-state index < -0.39 is 129 Å². The van der Waals surface area contributed by atoms with Gasteiger partial charge in [0.25, 0.3) is 0 Å². The van der Waals surface area contributed by atoms with Crippen LogP contribution in [0, 0.1) is 45.3 Å². The number of allylic oxidation sites excluding steroid dienone is 1. The molecule has 6 fully saturated rings. The highest BCUT2D eigenvalue weighted by atomic mass is 16.8. The van der Waals surface area contributed by atoms with Gasteiger partial charge in [-0.15, -0.1) is 0 Å². The minimum absolute atomic E-state index is 0.0820. The van der Waals surface area contributed by atoms with Crippen LogP contribution >= 0.6 is 0 Å². The molecule has 0 amide bonds. The molecule has 0 spiro atoms. The van der Waals surface area contributed by atoms with E-state index in [-0.39, 0.29) is 58.2 Å². The van der Waals surface area contributed by atoms with Crippen LogP contribution in [0.3, 0.4) is 0 Å². The maximum absolute atomic E-state index is 12.4. The maximum atomic E-state index is 12.4. The second-order valence-electron chi connectivity index (χ2n) is 23.3. The van der Waals surface area contributed by atoms with Gasteiger partial charge >= 0.3 is 0 Å². The summed E-state index contributed by atoms with van der Waals surface area (Å²) in [6, 6.07) is 0. The van der Waals surface area contributed by atoms with Crippen molar-refractivity contribution in [2.75, 3.05) is 13.2 Å². The molecule has 0 aromatic rings. The minimum atomic E-state index is -1.88. The molecule has 7 rings (SSSR count). The van der Waals surface area contributed by atoms with E-state index in [9.17, 15) is 61.3 Å². The van der Waals surface area contributed by atoms with Crippen LogP contribution in [0.2, 0.25) is 0 Å². The SMILES string of the molecule is CC[C@H]1O[C@H](OC[C@H]2O[C@@H](O[C@H](CC[C@@H](C)C3CC[C@@]4(C)C5CC=C6C(CC[C@H](O)C6(C)C)[C@]5(C)[C@H](O)C[C@]34C)C(C)(C)O)[C@H](O[C@@H]3O[C@H](CO)[C@@H](O)[C@H](O)[C@H]3O)[C@@H](O)[C@@H]2O)[C@H](O)[C@@H](O)[C@@H]1O. The van der Waals surface area contributed by atoms with Crippen molar-refractivity contribution in [3.05, 3.63) is 11.6 Å². The Kier molecular flexibility index (Phi) is 15.9. The first-order chi connectivity index (χ1) is 31.2. The van der Waals surface area contributed by atoms with Gasteiger partial charge in [0.15, 0.2) is 18.9 Å². The number of aliphatic hydroxyl groups is 12. The van der Waals surface area contributed by atoms with Crippen molar-refractivity contribution in [2.45, 2.75) is 236 Å². The largest absolute Gasteiger partial charge is 0.394 e. The van der Waals surface area contributed by atoms with Crippen LogP contribution in [0.25, 0.3) is 0 Å². The molecule has 0 radical (unpaired) electrons. The normalized spacial score (nSPS) is 51.0. The molecule has 388 valence electrons. The van der Waals surface area contributed by atoms with Crippen molar-refractivity contribution in [2.24, 2.45) is 45.3 Å². The molecular formula is C49H84O18. The summed E-state index contributed by atoms with van der Waals surface area (Å²) < 4.78 is 35.9. The Hall–Kier alpha value is -0.980. The van der Waals surface area contributed by atoms with Gasteiger partial charge in [-0.25, -0.2) is 0 Å². The molecule has 0 aromatic heterocycles. The van der Waals surface area contributed by atoms with Crippen LogP contribution < -0.4 is 0 Å². The van der Waals surface area contributed by atoms with E-state index in [1.54, 1.807) is 20.8 Å². The molecule has 12 N–H and O–H groups in total. The molecule has 0 bridgehead atoms. The van der Waals surface area contributed by atoms with Gasteiger partial charge in [0.2, 0.25) is 0 Å². The predicted octanol–water partition coefficient (Wildman–Crippen LogP) is 0.362. The lowest BCUT2D eigenvalue weighted by Crippen LogP contribution is -2.65. The lowest BCUT2D eigenvalue weighted by Gasteiger charge is -2.67. The fourth-order valence-corrected chi connectivity index (χ4v) is 14.2. The van der Waals surface area contributed by atoms with Crippen molar-refractivity contribution < 1.29 is 89.7 Å². The van der Waals surface area contributed by atoms with Crippen molar-refractivity contribution in [3.8, 4) is 0 Å². The second-order valence-corrected chi connectivity index (χ2v) is 23.3. The van der Waals surface area contributed by atoms with E-state index in [1.807, 2.05) is 0 Å². The number of hydrogen-bond acceptors (Lipinski definition) is 18. The smallest absolute Gasteiger partial charge is 0.187 e. The molecule has 3 unspecified atom stereocenters. The summed E-state index contributed by atoms with van der Waals surface area (Å²) in [4.78, 5) is 0. The fourth-order valence-electron chi connectivity index (χ4n) is 14.2. The topological polar surface area (TPSA) is 298 Å². The fraction of sp³-hybridized carbons (Fsp3) is 0.959. The van der Waals surface area contributed by atoms with Gasteiger partial charge in [-0.3, -0.25) is 0 Å². The molecule has 3 aliphatic heterocycles. The van der Waals surface area contributed by atoms with E-state index in [0.29, 0.717) is 19.3 Å². The standard InChI is InChI=1S/C49H84O18/c1-10-26-33(53)36(56)39(59)42(63-26)62-21-28-35(55)38(58)41(67-43-40(60)37(57)34(54)27(20-50)64-43)44(65-28)66-32(46(5,6)61)16-11-22(2)23-17-18-47(7)29-14-12-24-25(13-15-30(51)45(24,3)4)49(29,9)31(52)19-48(23,47)8/h12,22-23,25-44,50-61H,10-11,13-21H2,1-9H3/t22-,23?,25?,26-,27-,28-,29?,30+,31-,32-,33-,34-,35-,36+,37+,38+,39-,40-,41-,42+,43+,44+,47+,48-,49+/m1/s1. The number of rotatable bonds is 14. The van der Waals surface area contributed by atoms with Crippen LogP contribution in [0.5, 0.6) is 0 Å². The zero-order chi connectivity index (χ0) is 49.5. The number of aliphatic hydroxyl groups excluding tert-OH is 11. The summed E-state index contributed by atoms with van der Waals surface area (Å²) in [7, 11) is 0. The molecule has 3 saturated carbocycles. The third kappa shape index (κ3) is 9.26. The van der Waals surface area contributed by atoms with Gasteiger partial charge in [0, 0.05) is 10.8 Å². The minimum Gasteiger partial charge on any atom is -0.394 e. The van der Waals surface area contributed by atoms with E-state index in [4.69, 9.17) is 28.4 Å². The Morgan fingerprint density at radius 1 is 0.701 bits per heavy atom. The van der Waals surface area contributed by atoms with Gasteiger partial charge in [0.1, 0.15) is 67.1 Å². The zero-order valence-corrected chi connectivity index (χ0v) is 40.9. The van der Waals surface area contributed by atoms with E-state index in [0.717, 1.165) is 25.7 Å². The van der Waals surface area contributed by atoms with Crippen LogP contribution in [-0.4, -0.2) is 191 Å². The first-order valence-corrected chi connectivity index (χ1v) is 24.9. The van der Waals surface area contributed by atoms with Gasteiger partial charge in [0.05, 0.1) is 43.2 Å². The van der Waals surface area contributed by atoms with Crippen LogP contribution in [-0.2, 0) is 28.4 Å². The molecule has 67 heavy (non-hydrogen) atoms. The van der Waals surface area contributed by atoms with E-state index in [2.05, 4.69) is 47.6 Å². The molecule has 3 saturated heterocycles. The lowest BCUT2D eigenvalue weighted by molar-refractivity contribution is -0.380. The molecule has 3 heterocycles. The molecule has 18 heteroatoms. The number of hydrogen-bond donors (Lipinski definition) is 12. The summed E-state index contributed by atoms with van der Waals surface area (Å²) in [5.74, 6) is 0.731. The first kappa shape index (κ1) is 53.8. The molecule has 0 aromatic carbocycles. The summed E-state index contributed by atoms with van der Waals surface area (Å²) in [6.07, 6.45) is -17.3. The summed E-state index contributed by atoms with van der Waals surface area (Å²) in [5.41, 5.74) is -1.24. The Bertz CT molecular complexity index is 1710. The average Bonchev–Trinajstić information content (AvgIpc) is 3.54. The maximum Gasteiger partial charge on any atom is 0.187 e. The van der Waals surface area contributed by atoms with E-state index >= 15 is 0 Å². The van der Waals surface area contributed by atoms with E-state index in [1.165, 1.54) is 5.57 Å². The highest BCUT2D eigenvalue weighted by molar-refractivity contribution is 5.31. The summed E-state index contributed by atoms with van der Waals surface area (Å²) in [6.45, 7) is 17.1. The molecule has 7 aliphatic rings. The summed E-state index contributed by atoms with van der Waals surface area (Å²) in [5, 5.41) is 132. The predicted molar refractivity (Wildman–Crippen MR) is 238 cm³/mol. The molecular weight excluding hydrogens is 877 g/mol. The third-order valence-electron chi connectivity index (χ3n) is 18.9. The van der Waals surface area contributed by atoms with Gasteiger partial charge < -0.3 is 89.7 Å². The molecule has 25 atom stereocenters. The van der Waals surface area contributed by atoms with Gasteiger partial charge in [-0.1, -0.05) is 60.1 Å². The van der Waals surface area contributed by atoms with Crippen LogP contribution in [0.15, 0.2) is 11.6 Å². The third-order valence-corrected chi connectivity index (χ3v) is 18.9. The van der Waals surface area contributed by atoms with Gasteiger partial charge in [-0.05, 0) is 106 Å². The van der Waals surface area contributed by atoms with Crippen LogP contribution in [0.1, 0.15) is 120 Å². The van der Waals surface area contributed by atoms with Crippen molar-refractivity contribution in [3.63, 3.8) is 0 Å². The van der Waals surface area contributed by atoms with Crippen molar-refractivity contribution in [1.29, 1.82) is 0 Å². The van der Waals surface area contributed by atoms with Crippen molar-refractivity contribution in [1.82, 2.24) is 0 Å². The summed E-state index contributed by atoms with van der Waals surface area (Å²) >= 11 is 0. The Labute approximate surface area is 395 Å².